The van der Waals surface area contributed by atoms with Crippen LogP contribution in [0.5, 0.6) is 0 Å². The number of aryl methyl sites for hydroxylation is 1. The summed E-state index contributed by atoms with van der Waals surface area (Å²) in [5.74, 6) is 0. The smallest absolute Gasteiger partial charge is 0.170 e. The van der Waals surface area contributed by atoms with Gasteiger partial charge in [-0.1, -0.05) is 0 Å². The quantitative estimate of drug-likeness (QED) is 0.494. The van der Waals surface area contributed by atoms with Gasteiger partial charge < -0.3 is 33.8 Å². The molecule has 0 N–H and O–H groups in total. The van der Waals surface area contributed by atoms with E-state index in [0.717, 1.165) is 6.54 Å². The van der Waals surface area contributed by atoms with Crippen molar-refractivity contribution >= 4 is 11.4 Å². The topological polar surface area (TPSA) is 23.2 Å². The molecule has 0 spiro atoms. The molecular formula is C20H29IN4. The van der Waals surface area contributed by atoms with Crippen LogP contribution in [0.1, 0.15) is 32.6 Å². The normalized spacial score (nSPS) is 16.2. The van der Waals surface area contributed by atoms with E-state index in [-0.39, 0.29) is 24.0 Å². The third-order valence-electron chi connectivity index (χ3n) is 4.84. The van der Waals surface area contributed by atoms with Crippen LogP contribution in [0, 0.1) is 0 Å². The Hall–Kier alpha value is -1.37. The summed E-state index contributed by atoms with van der Waals surface area (Å²) < 4.78 is 2.19. The summed E-state index contributed by atoms with van der Waals surface area (Å²) in [6.07, 6.45) is 13.4. The van der Waals surface area contributed by atoms with Crippen LogP contribution in [0.3, 0.4) is 0 Å². The van der Waals surface area contributed by atoms with Crippen LogP contribution < -0.4 is 38.3 Å². The molecule has 0 bridgehead atoms. The number of anilines is 2. The lowest BCUT2D eigenvalue weighted by molar-refractivity contribution is -0.693. The predicted molar refractivity (Wildman–Crippen MR) is 99.4 cm³/mol. The Labute approximate surface area is 168 Å². The highest BCUT2D eigenvalue weighted by atomic mass is 127. The Morgan fingerprint density at radius 1 is 0.800 bits per heavy atom. The Bertz CT molecular complexity index is 591. The maximum atomic E-state index is 3.99. The van der Waals surface area contributed by atoms with Crippen LogP contribution in [-0.4, -0.2) is 31.2 Å². The highest BCUT2D eigenvalue weighted by Gasteiger charge is 2.12. The molecule has 25 heavy (non-hydrogen) atoms. The third-order valence-corrected chi connectivity index (χ3v) is 4.84. The molecule has 0 atom stereocenters. The Morgan fingerprint density at radius 2 is 1.24 bits per heavy atom. The van der Waals surface area contributed by atoms with E-state index >= 15 is 0 Å². The molecule has 2 saturated heterocycles. The fourth-order valence-corrected chi connectivity index (χ4v) is 3.38. The molecule has 2 aromatic rings. The van der Waals surface area contributed by atoms with Crippen molar-refractivity contribution in [2.24, 2.45) is 0 Å². The zero-order chi connectivity index (χ0) is 16.6. The molecule has 0 saturated carbocycles. The van der Waals surface area contributed by atoms with Crippen LogP contribution in [0.4, 0.5) is 11.4 Å². The van der Waals surface area contributed by atoms with Crippen molar-refractivity contribution in [2.75, 3.05) is 36.0 Å². The Balaban J connectivity index is 0.000000175. The number of nitrogens with zero attached hydrogens (tertiary/aromatic N) is 4. The SMILES string of the molecule is CC[n+]1ccc(N2CCCC2)cc1.[I-].c1cc(N2CCCC2)ccn1. The van der Waals surface area contributed by atoms with Gasteiger partial charge in [0.15, 0.2) is 12.4 Å². The van der Waals surface area contributed by atoms with Gasteiger partial charge in [0.05, 0.1) is 0 Å². The molecule has 2 fully saturated rings. The fraction of sp³-hybridized carbons (Fsp3) is 0.500. The maximum absolute atomic E-state index is 3.99. The fourth-order valence-electron chi connectivity index (χ4n) is 3.38. The van der Waals surface area contributed by atoms with Crippen LogP contribution >= 0.6 is 0 Å². The number of rotatable bonds is 3. The molecule has 5 heteroatoms. The van der Waals surface area contributed by atoms with Gasteiger partial charge >= 0.3 is 0 Å². The number of aromatic nitrogens is 2. The van der Waals surface area contributed by atoms with E-state index in [4.69, 9.17) is 0 Å². The van der Waals surface area contributed by atoms with E-state index in [1.54, 1.807) is 0 Å². The summed E-state index contributed by atoms with van der Waals surface area (Å²) in [5.41, 5.74) is 2.69. The number of hydrogen-bond donors (Lipinski definition) is 0. The highest BCUT2D eigenvalue weighted by molar-refractivity contribution is 5.45. The van der Waals surface area contributed by atoms with E-state index in [2.05, 4.69) is 62.9 Å². The lowest BCUT2D eigenvalue weighted by Gasteiger charge is -2.16. The van der Waals surface area contributed by atoms with E-state index in [1.807, 2.05) is 12.4 Å². The second kappa shape index (κ2) is 10.6. The van der Waals surface area contributed by atoms with Crippen LogP contribution in [-0.2, 0) is 6.54 Å². The lowest BCUT2D eigenvalue weighted by atomic mass is 10.3. The molecule has 0 radical (unpaired) electrons. The van der Waals surface area contributed by atoms with Crippen molar-refractivity contribution in [2.45, 2.75) is 39.2 Å². The van der Waals surface area contributed by atoms with E-state index in [9.17, 15) is 0 Å². The van der Waals surface area contributed by atoms with Crippen molar-refractivity contribution in [3.05, 3.63) is 49.1 Å². The van der Waals surface area contributed by atoms with Gasteiger partial charge in [0.1, 0.15) is 6.54 Å². The van der Waals surface area contributed by atoms with E-state index < -0.39 is 0 Å². The van der Waals surface area contributed by atoms with Gasteiger partial charge in [-0.05, 0) is 44.7 Å². The number of halogens is 1. The minimum atomic E-state index is 0. The number of hydrogen-bond acceptors (Lipinski definition) is 3. The zero-order valence-corrected chi connectivity index (χ0v) is 17.3. The van der Waals surface area contributed by atoms with Crippen molar-refractivity contribution in [1.82, 2.24) is 4.98 Å². The average Bonchev–Trinajstić information content (AvgIpc) is 3.37. The van der Waals surface area contributed by atoms with Crippen LogP contribution in [0.2, 0.25) is 0 Å². The van der Waals surface area contributed by atoms with E-state index in [1.165, 1.54) is 63.2 Å². The summed E-state index contributed by atoms with van der Waals surface area (Å²) in [5, 5.41) is 0. The van der Waals surface area contributed by atoms with Crippen LogP contribution in [0.25, 0.3) is 0 Å². The van der Waals surface area contributed by atoms with Gasteiger partial charge in [0.25, 0.3) is 0 Å². The van der Waals surface area contributed by atoms with Crippen molar-refractivity contribution in [3.8, 4) is 0 Å². The number of pyridine rings is 2. The molecule has 0 aromatic carbocycles. The van der Waals surface area contributed by atoms with Crippen LogP contribution in [0.15, 0.2) is 49.1 Å². The minimum Gasteiger partial charge on any atom is -1.00 e. The summed E-state index contributed by atoms with van der Waals surface area (Å²) in [6, 6.07) is 8.58. The monoisotopic (exact) mass is 452 g/mol. The summed E-state index contributed by atoms with van der Waals surface area (Å²) in [6.45, 7) is 8.11. The first-order valence-corrected chi connectivity index (χ1v) is 9.26. The van der Waals surface area contributed by atoms with Crippen molar-refractivity contribution in [1.29, 1.82) is 0 Å². The largest absolute Gasteiger partial charge is 1.00 e. The molecule has 2 aliphatic rings. The first-order valence-electron chi connectivity index (χ1n) is 9.26. The zero-order valence-electron chi connectivity index (χ0n) is 15.1. The van der Waals surface area contributed by atoms with Crippen molar-refractivity contribution < 1.29 is 28.5 Å². The highest BCUT2D eigenvalue weighted by Crippen LogP contribution is 2.18. The van der Waals surface area contributed by atoms with Gasteiger partial charge in [0.2, 0.25) is 0 Å². The average molecular weight is 452 g/mol. The standard InChI is InChI=1S/C11H17N2.C9H12N2.HI/c1-2-12-9-5-11(6-10-12)13-7-3-4-8-13;1-2-8-11(7-1)9-3-5-10-6-4-9;/h5-6,9-10H,2-4,7-8H2,1H3;3-6H,1-2,7-8H2;1H/q+1;;/p-1. The lowest BCUT2D eigenvalue weighted by Crippen LogP contribution is -3.00. The summed E-state index contributed by atoms with van der Waals surface area (Å²) >= 11 is 0. The second-order valence-electron chi connectivity index (χ2n) is 6.48. The molecule has 2 aromatic heterocycles. The summed E-state index contributed by atoms with van der Waals surface area (Å²) in [4.78, 5) is 8.85. The maximum Gasteiger partial charge on any atom is 0.170 e. The van der Waals surface area contributed by atoms with Gasteiger partial charge in [-0.15, -0.1) is 0 Å². The van der Waals surface area contributed by atoms with E-state index in [0.29, 0.717) is 0 Å². The summed E-state index contributed by atoms with van der Waals surface area (Å²) in [7, 11) is 0. The van der Waals surface area contributed by atoms with Crippen molar-refractivity contribution in [3.63, 3.8) is 0 Å². The van der Waals surface area contributed by atoms with Gasteiger partial charge in [0, 0.05) is 62.1 Å². The second-order valence-corrected chi connectivity index (χ2v) is 6.48. The molecular weight excluding hydrogens is 423 g/mol. The first-order chi connectivity index (χ1) is 11.9. The van der Waals surface area contributed by atoms with Gasteiger partial charge in [-0.3, -0.25) is 4.98 Å². The van der Waals surface area contributed by atoms with Gasteiger partial charge in [-0.2, -0.15) is 0 Å². The predicted octanol–water partition coefficient (Wildman–Crippen LogP) is 0.280. The minimum absolute atomic E-state index is 0. The molecule has 0 unspecified atom stereocenters. The first kappa shape index (κ1) is 19.9. The molecule has 2 aliphatic heterocycles. The Morgan fingerprint density at radius 3 is 1.68 bits per heavy atom. The third kappa shape index (κ3) is 5.83. The molecule has 136 valence electrons. The molecule has 0 amide bonds. The van der Waals surface area contributed by atoms with Gasteiger partial charge in [-0.25, -0.2) is 4.57 Å². The molecule has 4 heterocycles. The molecule has 4 nitrogen and oxygen atoms in total. The molecule has 0 aliphatic carbocycles. The molecule has 4 rings (SSSR count). The Kier molecular flexibility index (Phi) is 8.44.